The lowest BCUT2D eigenvalue weighted by Crippen LogP contribution is -2.16. The van der Waals surface area contributed by atoms with Gasteiger partial charge in [-0.15, -0.1) is 0 Å². The molecule has 1 fully saturated rings. The number of rotatable bonds is 5. The highest BCUT2D eigenvalue weighted by Crippen LogP contribution is 2.25. The fourth-order valence-electron chi connectivity index (χ4n) is 2.83. The number of nitrogens with one attached hydrogen (secondary N) is 1. The third-order valence-electron chi connectivity index (χ3n) is 4.09. The standard InChI is InChI=1S/C17H19N5O2/c1-22-17-15(9-20-22)16(18-11-19-17)21-12-4-2-5-13(8-12)24-10-14-6-3-7-23-14/h2,4-5,8-9,11,14H,3,6-7,10H2,1H3,(H,18,19,21). The van der Waals surface area contributed by atoms with E-state index in [4.69, 9.17) is 9.47 Å². The summed E-state index contributed by atoms with van der Waals surface area (Å²) >= 11 is 0. The Bertz CT molecular complexity index is 842. The SMILES string of the molecule is Cn1ncc2c(Nc3cccc(OCC4CCCO4)c3)ncnc21. The van der Waals surface area contributed by atoms with Gasteiger partial charge in [0, 0.05) is 25.4 Å². The molecule has 4 rings (SSSR count). The maximum Gasteiger partial charge on any atom is 0.163 e. The largest absolute Gasteiger partial charge is 0.491 e. The van der Waals surface area contributed by atoms with Crippen molar-refractivity contribution in [2.24, 2.45) is 7.05 Å². The van der Waals surface area contributed by atoms with Crippen LogP contribution in [0.1, 0.15) is 12.8 Å². The van der Waals surface area contributed by atoms with Gasteiger partial charge in [0.2, 0.25) is 0 Å². The summed E-state index contributed by atoms with van der Waals surface area (Å²) in [5.74, 6) is 1.54. The van der Waals surface area contributed by atoms with Crippen LogP contribution in [-0.4, -0.2) is 39.1 Å². The van der Waals surface area contributed by atoms with Crippen LogP contribution >= 0.6 is 0 Å². The van der Waals surface area contributed by atoms with Crippen molar-refractivity contribution in [2.75, 3.05) is 18.5 Å². The lowest BCUT2D eigenvalue weighted by Gasteiger charge is -2.13. The monoisotopic (exact) mass is 325 g/mol. The van der Waals surface area contributed by atoms with Crippen LogP contribution in [0.4, 0.5) is 11.5 Å². The third kappa shape index (κ3) is 3.03. The Morgan fingerprint density at radius 1 is 1.38 bits per heavy atom. The minimum absolute atomic E-state index is 0.207. The van der Waals surface area contributed by atoms with Crippen molar-refractivity contribution in [2.45, 2.75) is 18.9 Å². The van der Waals surface area contributed by atoms with Crippen molar-refractivity contribution < 1.29 is 9.47 Å². The van der Waals surface area contributed by atoms with Gasteiger partial charge in [-0.25, -0.2) is 9.97 Å². The van der Waals surface area contributed by atoms with Gasteiger partial charge < -0.3 is 14.8 Å². The number of fused-ring (bicyclic) bond motifs is 1. The zero-order chi connectivity index (χ0) is 16.4. The number of aryl methyl sites for hydroxylation is 1. The topological polar surface area (TPSA) is 74.1 Å². The van der Waals surface area contributed by atoms with E-state index in [2.05, 4.69) is 20.4 Å². The van der Waals surface area contributed by atoms with Crippen molar-refractivity contribution in [3.05, 3.63) is 36.8 Å². The Morgan fingerprint density at radius 3 is 3.21 bits per heavy atom. The van der Waals surface area contributed by atoms with Crippen molar-refractivity contribution in [3.8, 4) is 5.75 Å². The molecule has 1 atom stereocenters. The first-order valence-corrected chi connectivity index (χ1v) is 8.04. The molecule has 0 spiro atoms. The van der Waals surface area contributed by atoms with E-state index in [0.29, 0.717) is 6.61 Å². The van der Waals surface area contributed by atoms with Crippen LogP contribution in [0.3, 0.4) is 0 Å². The predicted octanol–water partition coefficient (Wildman–Crippen LogP) is 2.66. The van der Waals surface area contributed by atoms with Crippen molar-refractivity contribution in [1.82, 2.24) is 19.7 Å². The summed E-state index contributed by atoms with van der Waals surface area (Å²) < 4.78 is 13.2. The summed E-state index contributed by atoms with van der Waals surface area (Å²) in [6.45, 7) is 1.42. The highest BCUT2D eigenvalue weighted by atomic mass is 16.5. The number of aromatic nitrogens is 4. The number of hydrogen-bond acceptors (Lipinski definition) is 6. The molecule has 0 saturated carbocycles. The molecule has 0 bridgehead atoms. The van der Waals surface area contributed by atoms with Crippen LogP contribution in [0.25, 0.3) is 11.0 Å². The Balaban J connectivity index is 1.50. The van der Waals surface area contributed by atoms with Crippen LogP contribution in [0, 0.1) is 0 Å². The molecule has 1 saturated heterocycles. The molecule has 1 unspecified atom stereocenters. The van der Waals surface area contributed by atoms with Crippen LogP contribution in [0.2, 0.25) is 0 Å². The minimum Gasteiger partial charge on any atom is -0.491 e. The van der Waals surface area contributed by atoms with Gasteiger partial charge in [0.15, 0.2) is 5.65 Å². The summed E-state index contributed by atoms with van der Waals surface area (Å²) in [5.41, 5.74) is 1.70. The van der Waals surface area contributed by atoms with Crippen molar-refractivity contribution in [1.29, 1.82) is 0 Å². The number of hydrogen-bond donors (Lipinski definition) is 1. The maximum atomic E-state index is 5.85. The van der Waals surface area contributed by atoms with Crippen LogP contribution in [0.15, 0.2) is 36.8 Å². The zero-order valence-corrected chi connectivity index (χ0v) is 13.5. The molecule has 7 heteroatoms. The van der Waals surface area contributed by atoms with Gasteiger partial charge in [0.25, 0.3) is 0 Å². The quantitative estimate of drug-likeness (QED) is 0.777. The van der Waals surface area contributed by atoms with Gasteiger partial charge >= 0.3 is 0 Å². The van der Waals surface area contributed by atoms with Gasteiger partial charge in [-0.05, 0) is 25.0 Å². The highest BCUT2D eigenvalue weighted by molar-refractivity contribution is 5.88. The molecule has 7 nitrogen and oxygen atoms in total. The molecule has 1 aliphatic heterocycles. The normalized spacial score (nSPS) is 17.3. The summed E-state index contributed by atoms with van der Waals surface area (Å²) in [6.07, 6.45) is 5.68. The second-order valence-electron chi connectivity index (χ2n) is 5.83. The highest BCUT2D eigenvalue weighted by Gasteiger charge is 2.16. The van der Waals surface area contributed by atoms with E-state index in [9.17, 15) is 0 Å². The molecule has 3 heterocycles. The molecule has 2 aromatic heterocycles. The summed E-state index contributed by atoms with van der Waals surface area (Å²) in [5, 5.41) is 8.42. The lowest BCUT2D eigenvalue weighted by molar-refractivity contribution is 0.0680. The van der Waals surface area contributed by atoms with Gasteiger partial charge in [-0.3, -0.25) is 4.68 Å². The summed E-state index contributed by atoms with van der Waals surface area (Å²) in [4.78, 5) is 8.56. The summed E-state index contributed by atoms with van der Waals surface area (Å²) in [7, 11) is 1.86. The number of benzene rings is 1. The van der Waals surface area contributed by atoms with Crippen molar-refractivity contribution >= 4 is 22.5 Å². The maximum absolute atomic E-state index is 5.85. The van der Waals surface area contributed by atoms with Gasteiger partial charge in [0.05, 0.1) is 17.7 Å². The average Bonchev–Trinajstić information content (AvgIpc) is 3.24. The number of anilines is 2. The first kappa shape index (κ1) is 14.9. The number of nitrogens with zero attached hydrogens (tertiary/aromatic N) is 4. The molecule has 3 aromatic rings. The van der Waals surface area contributed by atoms with Gasteiger partial charge in [-0.1, -0.05) is 6.07 Å². The Hall–Kier alpha value is -2.67. The molecule has 1 N–H and O–H groups in total. The second-order valence-corrected chi connectivity index (χ2v) is 5.83. The smallest absolute Gasteiger partial charge is 0.163 e. The molecule has 1 aliphatic rings. The molecular weight excluding hydrogens is 306 g/mol. The fourth-order valence-corrected chi connectivity index (χ4v) is 2.83. The van der Waals surface area contributed by atoms with Crippen LogP contribution in [-0.2, 0) is 11.8 Å². The van der Waals surface area contributed by atoms with E-state index in [0.717, 1.165) is 47.7 Å². The third-order valence-corrected chi connectivity index (χ3v) is 4.09. The van der Waals surface area contributed by atoms with E-state index < -0.39 is 0 Å². The van der Waals surface area contributed by atoms with Gasteiger partial charge in [0.1, 0.15) is 24.5 Å². The van der Waals surface area contributed by atoms with Crippen LogP contribution in [0.5, 0.6) is 5.75 Å². The second kappa shape index (κ2) is 6.45. The van der Waals surface area contributed by atoms with E-state index >= 15 is 0 Å². The fraction of sp³-hybridized carbons (Fsp3) is 0.353. The molecule has 24 heavy (non-hydrogen) atoms. The van der Waals surface area contributed by atoms with E-state index in [1.807, 2.05) is 31.3 Å². The molecule has 0 aliphatic carbocycles. The van der Waals surface area contributed by atoms with Crippen LogP contribution < -0.4 is 10.1 Å². The first-order chi connectivity index (χ1) is 11.8. The van der Waals surface area contributed by atoms with E-state index in [1.54, 1.807) is 10.9 Å². The number of ether oxygens (including phenoxy) is 2. The average molecular weight is 325 g/mol. The van der Waals surface area contributed by atoms with Crippen molar-refractivity contribution in [3.63, 3.8) is 0 Å². The van der Waals surface area contributed by atoms with E-state index in [-0.39, 0.29) is 6.10 Å². The molecule has 1 aromatic carbocycles. The Labute approximate surface area is 139 Å². The zero-order valence-electron chi connectivity index (χ0n) is 13.5. The lowest BCUT2D eigenvalue weighted by atomic mass is 10.2. The van der Waals surface area contributed by atoms with E-state index in [1.165, 1.54) is 6.33 Å². The predicted molar refractivity (Wildman–Crippen MR) is 90.5 cm³/mol. The minimum atomic E-state index is 0.207. The molecule has 0 amide bonds. The molecular formula is C17H19N5O2. The molecule has 124 valence electrons. The Kier molecular flexibility index (Phi) is 4.00. The Morgan fingerprint density at radius 2 is 2.33 bits per heavy atom. The van der Waals surface area contributed by atoms with Gasteiger partial charge in [-0.2, -0.15) is 5.10 Å². The molecule has 0 radical (unpaired) electrons. The first-order valence-electron chi connectivity index (χ1n) is 8.04. The summed E-state index contributed by atoms with van der Waals surface area (Å²) in [6, 6.07) is 7.83.